The number of rotatable bonds is 4. The zero-order chi connectivity index (χ0) is 15.6. The van der Waals surface area contributed by atoms with Gasteiger partial charge in [-0.25, -0.2) is 0 Å². The van der Waals surface area contributed by atoms with Crippen molar-refractivity contribution >= 4 is 0 Å². The standard InChI is InChI=1S/C18H26N2O/c1-6-7-12-20-16(14-11-9-8-10-13(14)2)15(17(21)19-20)18(3,4)5/h8-11H,6-7,12H2,1-5H3,(H,19,21). The molecule has 3 heteroatoms. The third kappa shape index (κ3) is 3.12. The van der Waals surface area contributed by atoms with Crippen molar-refractivity contribution in [1.29, 1.82) is 0 Å². The lowest BCUT2D eigenvalue weighted by atomic mass is 9.84. The predicted octanol–water partition coefficient (Wildman–Crippen LogP) is 4.66. The minimum atomic E-state index is -0.147. The van der Waals surface area contributed by atoms with Crippen molar-refractivity contribution in [2.75, 3.05) is 0 Å². The van der Waals surface area contributed by atoms with E-state index in [0.717, 1.165) is 36.2 Å². The van der Waals surface area contributed by atoms with E-state index in [9.17, 15) is 5.11 Å². The van der Waals surface area contributed by atoms with E-state index < -0.39 is 0 Å². The molecule has 0 saturated carbocycles. The van der Waals surface area contributed by atoms with Crippen LogP contribution in [0.25, 0.3) is 11.3 Å². The molecule has 0 aliphatic carbocycles. The highest BCUT2D eigenvalue weighted by atomic mass is 16.3. The number of hydrogen-bond donors (Lipinski definition) is 1. The van der Waals surface area contributed by atoms with Gasteiger partial charge < -0.3 is 5.11 Å². The summed E-state index contributed by atoms with van der Waals surface area (Å²) in [6.07, 6.45) is 2.17. The van der Waals surface area contributed by atoms with Gasteiger partial charge in [0.25, 0.3) is 0 Å². The Morgan fingerprint density at radius 3 is 2.43 bits per heavy atom. The summed E-state index contributed by atoms with van der Waals surface area (Å²) in [5.74, 6) is 0.164. The van der Waals surface area contributed by atoms with E-state index in [-0.39, 0.29) is 11.3 Å². The van der Waals surface area contributed by atoms with Crippen LogP contribution >= 0.6 is 0 Å². The van der Waals surface area contributed by atoms with Crippen LogP contribution in [0.2, 0.25) is 0 Å². The van der Waals surface area contributed by atoms with E-state index in [1.54, 1.807) is 0 Å². The van der Waals surface area contributed by atoms with Gasteiger partial charge in [-0.05, 0) is 24.3 Å². The highest BCUT2D eigenvalue weighted by Crippen LogP contribution is 2.40. The fraction of sp³-hybridized carbons (Fsp3) is 0.500. The maximum absolute atomic E-state index is 10.4. The number of benzene rings is 1. The lowest BCUT2D eigenvalue weighted by Gasteiger charge is -2.21. The number of hydrogen-bond acceptors (Lipinski definition) is 2. The second-order valence-corrected chi connectivity index (χ2v) is 6.69. The first-order valence-corrected chi connectivity index (χ1v) is 7.72. The van der Waals surface area contributed by atoms with Crippen LogP contribution in [0.3, 0.4) is 0 Å². The van der Waals surface area contributed by atoms with Gasteiger partial charge in [0.2, 0.25) is 5.88 Å². The van der Waals surface area contributed by atoms with E-state index >= 15 is 0 Å². The van der Waals surface area contributed by atoms with Crippen molar-refractivity contribution in [3.05, 3.63) is 35.4 Å². The van der Waals surface area contributed by atoms with Crippen LogP contribution in [-0.4, -0.2) is 14.9 Å². The molecule has 21 heavy (non-hydrogen) atoms. The Morgan fingerprint density at radius 1 is 1.19 bits per heavy atom. The van der Waals surface area contributed by atoms with Gasteiger partial charge in [0.15, 0.2) is 0 Å². The molecule has 2 aromatic rings. The predicted molar refractivity (Wildman–Crippen MR) is 87.7 cm³/mol. The fourth-order valence-electron chi connectivity index (χ4n) is 2.72. The molecule has 0 aliphatic heterocycles. The Kier molecular flexibility index (Phi) is 4.40. The van der Waals surface area contributed by atoms with Crippen LogP contribution in [-0.2, 0) is 12.0 Å². The van der Waals surface area contributed by atoms with Gasteiger partial charge >= 0.3 is 0 Å². The highest BCUT2D eigenvalue weighted by Gasteiger charge is 2.28. The molecule has 0 amide bonds. The van der Waals surface area contributed by atoms with Gasteiger partial charge in [0, 0.05) is 17.7 Å². The van der Waals surface area contributed by atoms with Crippen LogP contribution in [0.4, 0.5) is 0 Å². The minimum absolute atomic E-state index is 0.147. The Morgan fingerprint density at radius 2 is 1.86 bits per heavy atom. The number of unbranched alkanes of at least 4 members (excludes halogenated alkanes) is 1. The van der Waals surface area contributed by atoms with Gasteiger partial charge in [0.1, 0.15) is 0 Å². The van der Waals surface area contributed by atoms with Crippen LogP contribution in [0.5, 0.6) is 5.88 Å². The van der Waals surface area contributed by atoms with E-state index in [1.165, 1.54) is 5.56 Å². The molecule has 0 saturated heterocycles. The summed E-state index contributed by atoms with van der Waals surface area (Å²) in [7, 11) is 0. The molecule has 0 radical (unpaired) electrons. The van der Waals surface area contributed by atoms with Crippen LogP contribution in [0, 0.1) is 6.92 Å². The molecule has 2 rings (SSSR count). The Hall–Kier alpha value is -1.77. The zero-order valence-electron chi connectivity index (χ0n) is 13.8. The molecule has 0 atom stereocenters. The molecule has 0 bridgehead atoms. The third-order valence-electron chi connectivity index (χ3n) is 3.81. The molecular formula is C18H26N2O. The van der Waals surface area contributed by atoms with Gasteiger partial charge in [0.05, 0.1) is 5.69 Å². The topological polar surface area (TPSA) is 38.0 Å². The van der Waals surface area contributed by atoms with Gasteiger partial charge in [-0.3, -0.25) is 4.68 Å². The molecule has 0 fully saturated rings. The van der Waals surface area contributed by atoms with Gasteiger partial charge in [-0.2, -0.15) is 0 Å². The van der Waals surface area contributed by atoms with Gasteiger partial charge in [-0.1, -0.05) is 58.4 Å². The second kappa shape index (κ2) is 5.92. The van der Waals surface area contributed by atoms with Crippen molar-refractivity contribution in [3.8, 4) is 17.1 Å². The van der Waals surface area contributed by atoms with Crippen molar-refractivity contribution in [2.24, 2.45) is 0 Å². The molecule has 1 aromatic heterocycles. The highest BCUT2D eigenvalue weighted by molar-refractivity contribution is 5.70. The number of nitrogens with zero attached hydrogens (tertiary/aromatic N) is 2. The van der Waals surface area contributed by atoms with Crippen molar-refractivity contribution in [2.45, 2.75) is 59.4 Å². The first-order valence-electron chi connectivity index (χ1n) is 7.72. The molecule has 0 spiro atoms. The van der Waals surface area contributed by atoms with E-state index in [2.05, 4.69) is 51.9 Å². The summed E-state index contributed by atoms with van der Waals surface area (Å²) in [5, 5.41) is 14.8. The average molecular weight is 286 g/mol. The number of aryl methyl sites for hydroxylation is 2. The summed E-state index contributed by atoms with van der Waals surface area (Å²) in [6, 6.07) is 8.31. The maximum atomic E-state index is 10.4. The number of aromatic hydroxyl groups is 1. The van der Waals surface area contributed by atoms with E-state index in [1.807, 2.05) is 16.8 Å². The summed E-state index contributed by atoms with van der Waals surface area (Å²) in [6.45, 7) is 11.5. The van der Waals surface area contributed by atoms with Crippen molar-refractivity contribution in [1.82, 2.24) is 9.78 Å². The molecule has 1 heterocycles. The summed E-state index contributed by atoms with van der Waals surface area (Å²) < 4.78 is 1.97. The molecular weight excluding hydrogens is 260 g/mol. The monoisotopic (exact) mass is 286 g/mol. The van der Waals surface area contributed by atoms with Gasteiger partial charge in [-0.15, -0.1) is 5.10 Å². The molecule has 3 nitrogen and oxygen atoms in total. The first-order chi connectivity index (χ1) is 9.86. The largest absolute Gasteiger partial charge is 0.492 e. The molecule has 114 valence electrons. The summed E-state index contributed by atoms with van der Waals surface area (Å²) >= 11 is 0. The second-order valence-electron chi connectivity index (χ2n) is 6.69. The van der Waals surface area contributed by atoms with E-state index in [4.69, 9.17) is 0 Å². The quantitative estimate of drug-likeness (QED) is 0.887. The zero-order valence-corrected chi connectivity index (χ0v) is 13.8. The molecule has 1 aromatic carbocycles. The molecule has 0 aliphatic rings. The SMILES string of the molecule is CCCCn1nc(O)c(C(C)(C)C)c1-c1ccccc1C. The summed E-state index contributed by atoms with van der Waals surface area (Å²) in [4.78, 5) is 0. The third-order valence-corrected chi connectivity index (χ3v) is 3.81. The first kappa shape index (κ1) is 15.6. The molecule has 1 N–H and O–H groups in total. The van der Waals surface area contributed by atoms with Crippen LogP contribution < -0.4 is 0 Å². The minimum Gasteiger partial charge on any atom is -0.492 e. The average Bonchev–Trinajstić information content (AvgIpc) is 2.73. The van der Waals surface area contributed by atoms with Crippen molar-refractivity contribution in [3.63, 3.8) is 0 Å². The lowest BCUT2D eigenvalue weighted by Crippen LogP contribution is -2.13. The van der Waals surface area contributed by atoms with Crippen LogP contribution in [0.1, 0.15) is 51.7 Å². The van der Waals surface area contributed by atoms with Crippen molar-refractivity contribution < 1.29 is 5.11 Å². The maximum Gasteiger partial charge on any atom is 0.234 e. The number of aromatic nitrogens is 2. The van der Waals surface area contributed by atoms with E-state index in [0.29, 0.717) is 0 Å². The normalized spacial score (nSPS) is 11.9. The Bertz CT molecular complexity index is 621. The summed E-state index contributed by atoms with van der Waals surface area (Å²) in [5.41, 5.74) is 4.22. The Labute approximate surface area is 127 Å². The Balaban J connectivity index is 2.68. The lowest BCUT2D eigenvalue weighted by molar-refractivity contribution is 0.419. The van der Waals surface area contributed by atoms with Crippen LogP contribution in [0.15, 0.2) is 24.3 Å². The fourth-order valence-corrected chi connectivity index (χ4v) is 2.72. The molecule has 0 unspecified atom stereocenters. The smallest absolute Gasteiger partial charge is 0.234 e.